The lowest BCUT2D eigenvalue weighted by atomic mass is 9.39. The highest BCUT2D eigenvalue weighted by Gasteiger charge is 2.87. The van der Waals surface area contributed by atoms with Crippen molar-refractivity contribution >= 4 is 22.5 Å². The first kappa shape index (κ1) is 29.8. The lowest BCUT2D eigenvalue weighted by Gasteiger charge is -2.62. The first-order valence-electron chi connectivity index (χ1n) is 15.8. The monoisotopic (exact) mass is 611 g/mol. The van der Waals surface area contributed by atoms with Crippen molar-refractivity contribution in [2.75, 3.05) is 7.11 Å². The number of allylic oxidation sites excluding steroid dienone is 4. The Morgan fingerprint density at radius 1 is 1.07 bits per heavy atom. The number of furan rings is 1. The third kappa shape index (κ3) is 3.55. The van der Waals surface area contributed by atoms with Crippen LogP contribution in [0.5, 0.6) is 5.75 Å². The first-order chi connectivity index (χ1) is 21.2. The predicted molar refractivity (Wildman–Crippen MR) is 169 cm³/mol. The molecule has 236 valence electrons. The number of aromatic nitrogens is 1. The number of fused-ring (bicyclic) bond motifs is 4. The fraction of sp³-hybridized carbons (Fsp3) is 0.486. The Morgan fingerprint density at radius 3 is 2.51 bits per heavy atom. The Bertz CT molecular complexity index is 1880. The van der Waals surface area contributed by atoms with Crippen molar-refractivity contribution in [1.29, 1.82) is 0 Å². The molecule has 5 aliphatic rings. The summed E-state index contributed by atoms with van der Waals surface area (Å²) < 4.78 is 17.0. The molecule has 2 aromatic heterocycles. The van der Waals surface area contributed by atoms with E-state index in [9.17, 15) is 19.5 Å². The number of Topliss-reactive ketones (excluding diaryl/α,β-unsaturated/α-hetero) is 1. The van der Waals surface area contributed by atoms with E-state index in [0.717, 1.165) is 35.7 Å². The van der Waals surface area contributed by atoms with Crippen LogP contribution in [0.1, 0.15) is 70.9 Å². The molecule has 3 heterocycles. The number of para-hydroxylation sites is 1. The summed E-state index contributed by atoms with van der Waals surface area (Å²) in [5.74, 6) is 0.386. The number of aliphatic hydroxyl groups excluding tert-OH is 1. The van der Waals surface area contributed by atoms with Crippen molar-refractivity contribution in [2.24, 2.45) is 27.6 Å². The molecule has 0 amide bonds. The zero-order valence-corrected chi connectivity index (χ0v) is 26.9. The van der Waals surface area contributed by atoms with E-state index in [1.54, 1.807) is 25.5 Å². The summed E-state index contributed by atoms with van der Waals surface area (Å²) in [5.41, 5.74) is 0.227. The summed E-state index contributed by atoms with van der Waals surface area (Å²) in [6.07, 6.45) is 9.76. The average Bonchev–Trinajstić information content (AvgIpc) is 3.34. The third-order valence-corrected chi connectivity index (χ3v) is 12.4. The number of methoxy groups -OCH3 is 1. The van der Waals surface area contributed by atoms with Crippen LogP contribution in [0.25, 0.3) is 10.9 Å². The number of aromatic amines is 1. The van der Waals surface area contributed by atoms with E-state index in [-0.39, 0.29) is 46.2 Å². The number of ketones is 2. The van der Waals surface area contributed by atoms with Gasteiger partial charge in [0.2, 0.25) is 11.3 Å². The molecule has 4 aliphatic carbocycles. The minimum absolute atomic E-state index is 0.00527. The van der Waals surface area contributed by atoms with Crippen LogP contribution in [0, 0.1) is 34.5 Å². The predicted octanol–water partition coefficient (Wildman–Crippen LogP) is 6.74. The van der Waals surface area contributed by atoms with Crippen molar-refractivity contribution in [3.63, 3.8) is 0 Å². The van der Waals surface area contributed by atoms with E-state index in [1.807, 2.05) is 64.3 Å². The summed E-state index contributed by atoms with van der Waals surface area (Å²) in [5, 5.41) is 12.4. The molecule has 7 unspecified atom stereocenters. The largest absolute Gasteiger partial charge is 0.504 e. The molecule has 1 aliphatic heterocycles. The van der Waals surface area contributed by atoms with Crippen LogP contribution in [-0.4, -0.2) is 40.5 Å². The SMILES string of the molecule is CC1(C)C(=O)C=CC2(C)C1=C(O)C(=O)C1(C)C2CCC2(C)C(c3ccoc3)CC3OC321.COc1cccc2c(C)cc(=O)[nH]c12. The number of benzene rings is 1. The molecular weight excluding hydrogens is 570 g/mol. The van der Waals surface area contributed by atoms with Crippen LogP contribution in [0.2, 0.25) is 0 Å². The van der Waals surface area contributed by atoms with Crippen molar-refractivity contribution in [3.05, 3.63) is 87.8 Å². The summed E-state index contributed by atoms with van der Waals surface area (Å²) in [4.78, 5) is 40.8. The van der Waals surface area contributed by atoms with E-state index >= 15 is 0 Å². The number of epoxide rings is 1. The summed E-state index contributed by atoms with van der Waals surface area (Å²) in [6.45, 7) is 11.9. The van der Waals surface area contributed by atoms with Gasteiger partial charge in [-0.1, -0.05) is 32.1 Å². The number of nitrogens with one attached hydrogen (secondary N) is 1. The number of carbonyl (C=O) groups is 2. The molecule has 0 bridgehead atoms. The molecule has 1 aromatic carbocycles. The molecule has 2 saturated carbocycles. The van der Waals surface area contributed by atoms with Gasteiger partial charge in [-0.2, -0.15) is 0 Å². The van der Waals surface area contributed by atoms with Gasteiger partial charge in [0.25, 0.3) is 0 Å². The number of aliphatic hydroxyl groups is 1. The summed E-state index contributed by atoms with van der Waals surface area (Å²) in [7, 11) is 1.59. The zero-order chi connectivity index (χ0) is 32.3. The van der Waals surface area contributed by atoms with Crippen molar-refractivity contribution in [3.8, 4) is 5.75 Å². The second-order valence-electron chi connectivity index (χ2n) is 14.8. The van der Waals surface area contributed by atoms with E-state index < -0.39 is 21.8 Å². The van der Waals surface area contributed by atoms with Gasteiger partial charge in [0.15, 0.2) is 11.5 Å². The van der Waals surface area contributed by atoms with Gasteiger partial charge >= 0.3 is 0 Å². The second-order valence-corrected chi connectivity index (χ2v) is 14.8. The van der Waals surface area contributed by atoms with Crippen molar-refractivity contribution in [1.82, 2.24) is 4.98 Å². The number of hydrogen-bond acceptors (Lipinski definition) is 7. The topological polar surface area (TPSA) is 122 Å². The maximum Gasteiger partial charge on any atom is 0.248 e. The van der Waals surface area contributed by atoms with Crippen LogP contribution in [0.4, 0.5) is 0 Å². The maximum atomic E-state index is 14.0. The minimum atomic E-state index is -0.901. The molecule has 3 aromatic rings. The van der Waals surface area contributed by atoms with Crippen LogP contribution in [0.3, 0.4) is 0 Å². The third-order valence-electron chi connectivity index (χ3n) is 12.4. The van der Waals surface area contributed by atoms with Gasteiger partial charge in [0.05, 0.1) is 42.1 Å². The van der Waals surface area contributed by atoms with Gasteiger partial charge in [-0.25, -0.2) is 0 Å². The fourth-order valence-electron chi connectivity index (χ4n) is 10.4. The molecule has 1 spiro atoms. The lowest BCUT2D eigenvalue weighted by molar-refractivity contribution is -0.162. The van der Waals surface area contributed by atoms with Crippen molar-refractivity contribution < 1.29 is 28.6 Å². The number of aryl methyl sites for hydroxylation is 1. The van der Waals surface area contributed by atoms with Crippen LogP contribution in [0.15, 0.2) is 75.6 Å². The highest BCUT2D eigenvalue weighted by atomic mass is 16.6. The molecule has 0 radical (unpaired) electrons. The highest BCUT2D eigenvalue weighted by molar-refractivity contribution is 6.06. The van der Waals surface area contributed by atoms with Gasteiger partial charge in [0, 0.05) is 22.3 Å². The Balaban J connectivity index is 0.000000195. The maximum absolute atomic E-state index is 14.0. The standard InChI is InChI=1S/C26H30O5.C11H11NO2/c1-22(2)17(27)7-9-23(3)16-6-10-24(4)15(14-8-11-30-13-14)12-18-26(24,31-18)25(16,5)21(29)19(28)20(22)23;1-7-6-10(13)12-11-8(7)4-3-5-9(11)14-2/h7-9,11,13,15-16,18,28H,6,10,12H2,1-5H3;3-6H,1-2H3,(H,12,13). The first-order valence-corrected chi connectivity index (χ1v) is 15.8. The number of rotatable bonds is 2. The summed E-state index contributed by atoms with van der Waals surface area (Å²) in [6, 6.07) is 9.31. The number of carbonyl (C=O) groups excluding carboxylic acids is 2. The van der Waals surface area contributed by atoms with Gasteiger partial charge in [-0.15, -0.1) is 0 Å². The zero-order valence-electron chi connectivity index (χ0n) is 26.9. The Hall–Kier alpha value is -3.91. The van der Waals surface area contributed by atoms with Gasteiger partial charge < -0.3 is 24.0 Å². The molecule has 7 atom stereocenters. The minimum Gasteiger partial charge on any atom is -0.504 e. The molecule has 45 heavy (non-hydrogen) atoms. The molecule has 3 fully saturated rings. The molecule has 8 rings (SSSR count). The van der Waals surface area contributed by atoms with Crippen LogP contribution in [-0.2, 0) is 14.3 Å². The van der Waals surface area contributed by atoms with Crippen LogP contribution < -0.4 is 10.3 Å². The molecule has 8 nitrogen and oxygen atoms in total. The van der Waals surface area contributed by atoms with Gasteiger partial charge in [0.1, 0.15) is 11.4 Å². The number of hydrogen-bond donors (Lipinski definition) is 2. The summed E-state index contributed by atoms with van der Waals surface area (Å²) >= 11 is 0. The lowest BCUT2D eigenvalue weighted by Crippen LogP contribution is -2.66. The molecule has 2 N–H and O–H groups in total. The second kappa shape index (κ2) is 9.32. The van der Waals surface area contributed by atoms with Gasteiger partial charge in [-0.3, -0.25) is 14.4 Å². The number of H-pyrrole nitrogens is 1. The average molecular weight is 612 g/mol. The molecule has 1 saturated heterocycles. The molecular formula is C37H41NO7. The number of ether oxygens (including phenoxy) is 2. The normalized spacial score (nSPS) is 37.3. The quantitative estimate of drug-likeness (QED) is 0.308. The Morgan fingerprint density at radius 2 is 1.82 bits per heavy atom. The Labute approximate surface area is 262 Å². The smallest absolute Gasteiger partial charge is 0.248 e. The van der Waals surface area contributed by atoms with Gasteiger partial charge in [-0.05, 0) is 93.7 Å². The molecule has 8 heteroatoms. The Kier molecular flexibility index (Phi) is 6.17. The fourth-order valence-corrected chi connectivity index (χ4v) is 10.4. The van der Waals surface area contributed by atoms with E-state index in [4.69, 9.17) is 13.9 Å². The van der Waals surface area contributed by atoms with Crippen molar-refractivity contribution in [2.45, 2.75) is 78.4 Å². The highest BCUT2D eigenvalue weighted by Crippen LogP contribution is 2.81. The van der Waals surface area contributed by atoms with E-state index in [1.165, 1.54) is 5.56 Å². The van der Waals surface area contributed by atoms with E-state index in [0.29, 0.717) is 11.3 Å². The van der Waals surface area contributed by atoms with E-state index in [2.05, 4.69) is 18.8 Å². The number of pyridine rings is 1. The van der Waals surface area contributed by atoms with Crippen LogP contribution >= 0.6 is 0 Å².